The van der Waals surface area contributed by atoms with Crippen LogP contribution in [-0.2, 0) is 50.2 Å². The molecule has 0 saturated carbocycles. The Labute approximate surface area is 318 Å². The molecular weight excluding hydrogens is 747 g/mol. The van der Waals surface area contributed by atoms with Crippen molar-refractivity contribution in [3.05, 3.63) is 35.9 Å². The number of carbonyl (C=O) groups is 3. The van der Waals surface area contributed by atoms with Gasteiger partial charge in [-0.2, -0.15) is 12.9 Å². The number of likely N-dealkylation sites (N-methyl/N-ethyl adjacent to an activating group) is 1. The number of carbonyl (C=O) groups excluding carboxylic acids is 3. The van der Waals surface area contributed by atoms with Crippen LogP contribution in [0.1, 0.15) is 66.9 Å². The van der Waals surface area contributed by atoms with Crippen LogP contribution in [0.3, 0.4) is 0 Å². The van der Waals surface area contributed by atoms with Crippen molar-refractivity contribution < 1.29 is 39.6 Å². The topological polar surface area (TPSA) is 225 Å². The maximum Gasteiger partial charge on any atom is 0.235 e. The van der Waals surface area contributed by atoms with Crippen LogP contribution in [0.2, 0.25) is 0 Å². The van der Waals surface area contributed by atoms with Gasteiger partial charge in [-0.15, -0.1) is 0 Å². The fraction of sp³-hybridized carbons (Fsp3) is 0.735. The first kappa shape index (κ1) is 48.3. The molecule has 19 heteroatoms. The second-order valence-corrected chi connectivity index (χ2v) is 20.6. The lowest BCUT2D eigenvalue weighted by atomic mass is 9.99. The minimum absolute atomic E-state index is 0.0111. The molecule has 0 spiro atoms. The maximum atomic E-state index is 13.6. The SMILES string of the molecule is CCC(C)[C@@H](CN(CC(=O)N[C@@H](CC(C)C)CN(CC(=O)N[C@@H](C)CN(CC(N)=O)S(=O)(=O)Cc1ccccc1)S(=O)(=O)CC(C)C)S(C)(=O)=O)NC. The summed E-state index contributed by atoms with van der Waals surface area (Å²) in [7, 11) is -10.2. The number of amides is 3. The fourth-order valence-corrected chi connectivity index (χ4v) is 9.89. The zero-order valence-corrected chi connectivity index (χ0v) is 35.2. The van der Waals surface area contributed by atoms with Crippen LogP contribution in [0.25, 0.3) is 0 Å². The molecule has 0 saturated heterocycles. The van der Waals surface area contributed by atoms with E-state index in [1.54, 1.807) is 51.2 Å². The summed E-state index contributed by atoms with van der Waals surface area (Å²) >= 11 is 0. The zero-order chi connectivity index (χ0) is 40.7. The van der Waals surface area contributed by atoms with E-state index in [1.807, 2.05) is 27.7 Å². The van der Waals surface area contributed by atoms with E-state index in [4.69, 9.17) is 5.73 Å². The minimum atomic E-state index is -4.05. The maximum absolute atomic E-state index is 13.6. The normalized spacial score (nSPS) is 15.1. The molecule has 0 heterocycles. The van der Waals surface area contributed by atoms with Crippen LogP contribution in [0, 0.1) is 17.8 Å². The molecule has 5 N–H and O–H groups in total. The standard InChI is InChI=1S/C34H63N7O9S3/c1-10-27(6)31(36-8)19-39(51(9,45)46)21-34(44)38-30(16-25(2)3)18-41(52(47,48)23-26(4)5)22-33(43)37-28(7)17-40(20-32(35)42)53(49,50)24-29-14-12-11-13-15-29/h11-15,25-28,30-31,36H,10,16-24H2,1-9H3,(H2,35,42)(H,37,43)(H,38,44)/t27?,28-,30-,31+/m0/s1. The van der Waals surface area contributed by atoms with E-state index in [0.717, 1.165) is 25.6 Å². The van der Waals surface area contributed by atoms with Gasteiger partial charge < -0.3 is 21.7 Å². The van der Waals surface area contributed by atoms with Gasteiger partial charge in [0.15, 0.2) is 0 Å². The number of hydrogen-bond acceptors (Lipinski definition) is 10. The van der Waals surface area contributed by atoms with Gasteiger partial charge in [0.2, 0.25) is 47.8 Å². The molecule has 0 aliphatic rings. The molecule has 0 aromatic heterocycles. The van der Waals surface area contributed by atoms with E-state index in [1.165, 1.54) is 6.92 Å². The minimum Gasteiger partial charge on any atom is -0.369 e. The summed E-state index contributed by atoms with van der Waals surface area (Å²) < 4.78 is 82.1. The molecule has 306 valence electrons. The van der Waals surface area contributed by atoms with E-state index in [-0.39, 0.29) is 49.2 Å². The summed E-state index contributed by atoms with van der Waals surface area (Å²) in [6, 6.07) is 6.51. The van der Waals surface area contributed by atoms with Crippen molar-refractivity contribution in [2.45, 2.75) is 85.2 Å². The molecule has 0 radical (unpaired) electrons. The van der Waals surface area contributed by atoms with Crippen molar-refractivity contribution in [3.8, 4) is 0 Å². The first-order valence-electron chi connectivity index (χ1n) is 17.9. The van der Waals surface area contributed by atoms with Crippen LogP contribution >= 0.6 is 0 Å². The molecule has 0 fully saturated rings. The summed E-state index contributed by atoms with van der Waals surface area (Å²) in [5.74, 6) is -3.11. The van der Waals surface area contributed by atoms with Crippen molar-refractivity contribution in [1.29, 1.82) is 0 Å². The lowest BCUT2D eigenvalue weighted by Crippen LogP contribution is -2.54. The van der Waals surface area contributed by atoms with Crippen molar-refractivity contribution in [3.63, 3.8) is 0 Å². The van der Waals surface area contributed by atoms with Gasteiger partial charge in [-0.05, 0) is 43.7 Å². The lowest BCUT2D eigenvalue weighted by Gasteiger charge is -2.31. The van der Waals surface area contributed by atoms with Crippen LogP contribution in [0.5, 0.6) is 0 Å². The van der Waals surface area contributed by atoms with Gasteiger partial charge in [0, 0.05) is 37.8 Å². The summed E-state index contributed by atoms with van der Waals surface area (Å²) in [6.07, 6.45) is 2.14. The van der Waals surface area contributed by atoms with E-state index < -0.39 is 85.3 Å². The largest absolute Gasteiger partial charge is 0.369 e. The Morgan fingerprint density at radius 1 is 0.736 bits per heavy atom. The van der Waals surface area contributed by atoms with E-state index in [2.05, 4.69) is 16.0 Å². The molecule has 0 bridgehead atoms. The molecule has 4 atom stereocenters. The highest BCUT2D eigenvalue weighted by atomic mass is 32.2. The Morgan fingerprint density at radius 3 is 1.77 bits per heavy atom. The monoisotopic (exact) mass is 809 g/mol. The molecule has 3 amide bonds. The zero-order valence-electron chi connectivity index (χ0n) is 32.7. The summed E-state index contributed by atoms with van der Waals surface area (Å²) in [4.78, 5) is 38.6. The number of rotatable bonds is 26. The van der Waals surface area contributed by atoms with Gasteiger partial charge in [0.1, 0.15) is 0 Å². The Balaban J connectivity index is 3.26. The van der Waals surface area contributed by atoms with Crippen LogP contribution in [0.15, 0.2) is 30.3 Å². The van der Waals surface area contributed by atoms with Crippen LogP contribution < -0.4 is 21.7 Å². The third kappa shape index (κ3) is 18.5. The summed E-state index contributed by atoms with van der Waals surface area (Å²) in [5.41, 5.74) is 5.84. The van der Waals surface area contributed by atoms with Gasteiger partial charge in [0.25, 0.3) is 0 Å². The van der Waals surface area contributed by atoms with Gasteiger partial charge in [0.05, 0.1) is 37.4 Å². The van der Waals surface area contributed by atoms with Gasteiger partial charge in [-0.1, -0.05) is 78.3 Å². The third-order valence-electron chi connectivity index (χ3n) is 8.50. The van der Waals surface area contributed by atoms with E-state index in [9.17, 15) is 39.6 Å². The number of hydrogen-bond donors (Lipinski definition) is 4. The van der Waals surface area contributed by atoms with Crippen molar-refractivity contribution in [2.24, 2.45) is 23.5 Å². The van der Waals surface area contributed by atoms with Gasteiger partial charge >= 0.3 is 0 Å². The first-order chi connectivity index (χ1) is 24.4. The highest BCUT2D eigenvalue weighted by molar-refractivity contribution is 7.89. The number of benzene rings is 1. The van der Waals surface area contributed by atoms with E-state index in [0.29, 0.717) is 12.0 Å². The molecule has 0 aliphatic carbocycles. The predicted octanol–water partition coefficient (Wildman–Crippen LogP) is 0.523. The molecule has 1 aromatic carbocycles. The Hall–Kier alpha value is -2.68. The summed E-state index contributed by atoms with van der Waals surface area (Å²) in [5, 5.41) is 8.57. The first-order valence-corrected chi connectivity index (χ1v) is 23.0. The Morgan fingerprint density at radius 2 is 1.28 bits per heavy atom. The molecule has 1 unspecified atom stereocenters. The van der Waals surface area contributed by atoms with Crippen molar-refractivity contribution in [2.75, 3.05) is 58.3 Å². The highest BCUT2D eigenvalue weighted by Crippen LogP contribution is 2.15. The molecule has 1 aromatic rings. The van der Waals surface area contributed by atoms with Gasteiger partial charge in [-0.25, -0.2) is 25.3 Å². The van der Waals surface area contributed by atoms with E-state index >= 15 is 0 Å². The lowest BCUT2D eigenvalue weighted by molar-refractivity contribution is -0.122. The second-order valence-electron chi connectivity index (χ2n) is 14.7. The van der Waals surface area contributed by atoms with Crippen molar-refractivity contribution >= 4 is 47.8 Å². The van der Waals surface area contributed by atoms with Gasteiger partial charge in [-0.3, -0.25) is 14.4 Å². The number of sulfonamides is 3. The summed E-state index contributed by atoms with van der Waals surface area (Å²) in [6.45, 7) is 10.4. The number of nitrogens with one attached hydrogen (secondary N) is 3. The third-order valence-corrected chi connectivity index (χ3v) is 13.6. The second kappa shape index (κ2) is 22.0. The molecule has 0 aliphatic heterocycles. The molecule has 53 heavy (non-hydrogen) atoms. The average Bonchev–Trinajstić information content (AvgIpc) is 3.00. The highest BCUT2D eigenvalue weighted by Gasteiger charge is 2.32. The predicted molar refractivity (Wildman–Crippen MR) is 208 cm³/mol. The Bertz CT molecular complexity index is 1640. The smallest absolute Gasteiger partial charge is 0.235 e. The molecule has 16 nitrogen and oxygen atoms in total. The number of nitrogens with zero attached hydrogens (tertiary/aromatic N) is 3. The molecule has 1 rings (SSSR count). The van der Waals surface area contributed by atoms with Crippen LogP contribution in [-0.4, -0.2) is 132 Å². The van der Waals surface area contributed by atoms with Crippen molar-refractivity contribution in [1.82, 2.24) is 28.9 Å². The quantitative estimate of drug-likeness (QED) is 0.102. The number of nitrogens with two attached hydrogens (primary N) is 1. The fourth-order valence-electron chi connectivity index (χ4n) is 5.77. The number of primary amides is 1. The average molecular weight is 810 g/mol. The van der Waals surface area contributed by atoms with Crippen LogP contribution in [0.4, 0.5) is 0 Å². The Kier molecular flexibility index (Phi) is 20.1. The molecular formula is C34H63N7O9S3.